The van der Waals surface area contributed by atoms with Crippen LogP contribution < -0.4 is 10.6 Å². The van der Waals surface area contributed by atoms with Gasteiger partial charge >= 0.3 is 11.9 Å². The van der Waals surface area contributed by atoms with Crippen molar-refractivity contribution in [1.29, 1.82) is 0 Å². The third-order valence-corrected chi connectivity index (χ3v) is 5.65. The average molecular weight is 634 g/mol. The minimum Gasteiger partial charge on any atom is -0.481 e. The van der Waals surface area contributed by atoms with Crippen molar-refractivity contribution in [2.45, 2.75) is 31.7 Å². The van der Waals surface area contributed by atoms with Crippen LogP contribution in [0.25, 0.3) is 0 Å². The number of carboxylic acid groups (broad SMARTS) is 2. The molecular formula is C27H43N3O14. The Balaban J connectivity index is 1.78. The van der Waals surface area contributed by atoms with E-state index in [4.69, 9.17) is 38.6 Å². The van der Waals surface area contributed by atoms with E-state index >= 15 is 0 Å². The average Bonchev–Trinajstić information content (AvgIpc) is 3.30. The standard InChI is InChI=1S/C27H43N3O14/c31-22(5-8-30-24(33)2-3-25(30)34)28-7-10-40-12-14-42-16-18-44-20-19-43-17-15-41-13-11-39-9-6-23(32)29-21(27(37)38)1-4-26(35)36/h2-3,21H,1,4-20H2,(H,28,31)(H,29,32)(H,35,36)(H,37,38). The lowest BCUT2D eigenvalue weighted by Crippen LogP contribution is -2.41. The zero-order valence-electron chi connectivity index (χ0n) is 24.7. The predicted molar refractivity (Wildman–Crippen MR) is 149 cm³/mol. The van der Waals surface area contributed by atoms with Crippen LogP contribution in [0.4, 0.5) is 0 Å². The second kappa shape index (κ2) is 24.9. The molecule has 0 bridgehead atoms. The van der Waals surface area contributed by atoms with Gasteiger partial charge in [-0.05, 0) is 6.42 Å². The van der Waals surface area contributed by atoms with E-state index in [-0.39, 0.29) is 58.0 Å². The van der Waals surface area contributed by atoms with Crippen LogP contribution in [0.2, 0.25) is 0 Å². The van der Waals surface area contributed by atoms with Crippen molar-refractivity contribution in [3.63, 3.8) is 0 Å². The number of hydrogen-bond donors (Lipinski definition) is 4. The first kappa shape index (κ1) is 38.5. The van der Waals surface area contributed by atoms with Crippen LogP contribution in [0.5, 0.6) is 0 Å². The molecule has 4 N–H and O–H groups in total. The zero-order chi connectivity index (χ0) is 32.4. The molecular weight excluding hydrogens is 590 g/mol. The minimum atomic E-state index is -1.29. The minimum absolute atomic E-state index is 0.0313. The van der Waals surface area contributed by atoms with Crippen molar-refractivity contribution < 1.29 is 67.4 Å². The number of nitrogens with one attached hydrogen (secondary N) is 2. The third-order valence-electron chi connectivity index (χ3n) is 5.65. The van der Waals surface area contributed by atoms with Crippen LogP contribution in [0.1, 0.15) is 25.7 Å². The van der Waals surface area contributed by atoms with Crippen LogP contribution in [0.3, 0.4) is 0 Å². The predicted octanol–water partition coefficient (Wildman–Crippen LogP) is -1.66. The Hall–Kier alpha value is -3.48. The fourth-order valence-electron chi connectivity index (χ4n) is 3.37. The number of ether oxygens (including phenoxy) is 6. The molecule has 0 radical (unpaired) electrons. The van der Waals surface area contributed by atoms with Crippen LogP contribution in [0, 0.1) is 0 Å². The summed E-state index contributed by atoms with van der Waals surface area (Å²) in [5.41, 5.74) is 0. The fourth-order valence-corrected chi connectivity index (χ4v) is 3.37. The molecule has 1 unspecified atom stereocenters. The summed E-state index contributed by atoms with van der Waals surface area (Å²) in [6.07, 6.45) is 1.76. The first-order chi connectivity index (χ1) is 21.2. The van der Waals surface area contributed by atoms with E-state index in [1.165, 1.54) is 12.2 Å². The number of amides is 4. The molecule has 17 heteroatoms. The lowest BCUT2D eigenvalue weighted by molar-refractivity contribution is -0.143. The summed E-state index contributed by atoms with van der Waals surface area (Å²) in [5, 5.41) is 22.6. The van der Waals surface area contributed by atoms with Gasteiger partial charge in [0.2, 0.25) is 11.8 Å². The molecule has 0 saturated heterocycles. The number of imide groups is 1. The van der Waals surface area contributed by atoms with Crippen LogP contribution >= 0.6 is 0 Å². The molecule has 1 rings (SSSR count). The highest BCUT2D eigenvalue weighted by atomic mass is 16.6. The maximum atomic E-state index is 11.8. The van der Waals surface area contributed by atoms with E-state index < -0.39 is 35.7 Å². The van der Waals surface area contributed by atoms with E-state index in [0.717, 1.165) is 4.90 Å². The Morgan fingerprint density at radius 3 is 1.55 bits per heavy atom. The summed E-state index contributed by atoms with van der Waals surface area (Å²) in [4.78, 5) is 69.0. The van der Waals surface area contributed by atoms with Crippen molar-refractivity contribution >= 4 is 35.6 Å². The van der Waals surface area contributed by atoms with Crippen molar-refractivity contribution in [2.24, 2.45) is 0 Å². The van der Waals surface area contributed by atoms with E-state index in [9.17, 15) is 28.8 Å². The molecule has 250 valence electrons. The van der Waals surface area contributed by atoms with Gasteiger partial charge in [0.05, 0.1) is 79.3 Å². The van der Waals surface area contributed by atoms with Gasteiger partial charge in [0.25, 0.3) is 11.8 Å². The first-order valence-corrected chi connectivity index (χ1v) is 14.2. The molecule has 44 heavy (non-hydrogen) atoms. The Morgan fingerprint density at radius 2 is 1.09 bits per heavy atom. The second-order valence-corrected chi connectivity index (χ2v) is 9.08. The van der Waals surface area contributed by atoms with Gasteiger partial charge in [0.15, 0.2) is 0 Å². The van der Waals surface area contributed by atoms with Crippen molar-refractivity contribution in [1.82, 2.24) is 15.5 Å². The number of carboxylic acids is 2. The van der Waals surface area contributed by atoms with E-state index in [0.29, 0.717) is 66.0 Å². The van der Waals surface area contributed by atoms with Crippen molar-refractivity contribution in [3.05, 3.63) is 12.2 Å². The smallest absolute Gasteiger partial charge is 0.326 e. The Kier molecular flexibility index (Phi) is 21.8. The molecule has 0 saturated carbocycles. The zero-order valence-corrected chi connectivity index (χ0v) is 24.7. The van der Waals surface area contributed by atoms with Gasteiger partial charge in [0, 0.05) is 44.5 Å². The highest BCUT2D eigenvalue weighted by Gasteiger charge is 2.23. The summed E-state index contributed by atoms with van der Waals surface area (Å²) >= 11 is 0. The summed E-state index contributed by atoms with van der Waals surface area (Å²) in [7, 11) is 0. The number of hydrogen-bond acceptors (Lipinski definition) is 12. The van der Waals surface area contributed by atoms with Crippen molar-refractivity contribution in [3.8, 4) is 0 Å². The van der Waals surface area contributed by atoms with E-state index in [2.05, 4.69) is 10.6 Å². The molecule has 0 fully saturated rings. The summed E-state index contributed by atoms with van der Waals surface area (Å²) in [5.74, 6) is -4.08. The normalized spacial score (nSPS) is 13.3. The highest BCUT2D eigenvalue weighted by Crippen LogP contribution is 2.04. The summed E-state index contributed by atoms with van der Waals surface area (Å²) in [6, 6.07) is -1.26. The molecule has 1 atom stereocenters. The van der Waals surface area contributed by atoms with Gasteiger partial charge in [-0.25, -0.2) is 4.79 Å². The second-order valence-electron chi connectivity index (χ2n) is 9.08. The third kappa shape index (κ3) is 20.4. The number of nitrogens with zero attached hydrogens (tertiary/aromatic N) is 1. The van der Waals surface area contributed by atoms with Gasteiger partial charge in [-0.2, -0.15) is 0 Å². The monoisotopic (exact) mass is 633 g/mol. The molecule has 0 spiro atoms. The number of aliphatic carboxylic acids is 2. The van der Waals surface area contributed by atoms with Gasteiger partial charge in [-0.3, -0.25) is 28.9 Å². The Bertz CT molecular complexity index is 911. The Labute approximate surface area is 255 Å². The van der Waals surface area contributed by atoms with Crippen LogP contribution in [-0.4, -0.2) is 149 Å². The first-order valence-electron chi connectivity index (χ1n) is 14.2. The quantitative estimate of drug-likeness (QED) is 0.0535. The van der Waals surface area contributed by atoms with Crippen LogP contribution in [0.15, 0.2) is 12.2 Å². The molecule has 1 heterocycles. The maximum Gasteiger partial charge on any atom is 0.326 e. The maximum absolute atomic E-state index is 11.8. The van der Waals surface area contributed by atoms with Crippen LogP contribution in [-0.2, 0) is 57.2 Å². The highest BCUT2D eigenvalue weighted by molar-refractivity contribution is 6.13. The molecule has 17 nitrogen and oxygen atoms in total. The Morgan fingerprint density at radius 1 is 0.636 bits per heavy atom. The molecule has 0 aromatic carbocycles. The van der Waals surface area contributed by atoms with E-state index in [1.54, 1.807) is 0 Å². The number of carbonyl (C=O) groups excluding carboxylic acids is 4. The molecule has 0 aromatic heterocycles. The fraction of sp³-hybridized carbons (Fsp3) is 0.704. The molecule has 4 amide bonds. The SMILES string of the molecule is O=C(O)CCC(NC(=O)CCOCCOCCOCCOCCOCCOCCNC(=O)CCN1C(=O)C=CC1=O)C(=O)O. The molecule has 1 aliphatic rings. The largest absolute Gasteiger partial charge is 0.481 e. The topological polar surface area (TPSA) is 226 Å². The van der Waals surface area contributed by atoms with Gasteiger partial charge in [0.1, 0.15) is 6.04 Å². The summed E-state index contributed by atoms with van der Waals surface area (Å²) in [6.45, 7) is 4.23. The van der Waals surface area contributed by atoms with Gasteiger partial charge < -0.3 is 49.3 Å². The lowest BCUT2D eigenvalue weighted by Gasteiger charge is -2.13. The lowest BCUT2D eigenvalue weighted by atomic mass is 10.1. The van der Waals surface area contributed by atoms with Gasteiger partial charge in [-0.15, -0.1) is 0 Å². The molecule has 0 aliphatic carbocycles. The molecule has 1 aliphatic heterocycles. The number of rotatable bonds is 29. The van der Waals surface area contributed by atoms with E-state index in [1.807, 2.05) is 0 Å². The van der Waals surface area contributed by atoms with Gasteiger partial charge in [-0.1, -0.05) is 0 Å². The summed E-state index contributed by atoms with van der Waals surface area (Å²) < 4.78 is 32.1. The molecule has 0 aromatic rings. The number of carbonyl (C=O) groups is 6. The van der Waals surface area contributed by atoms with Crippen molar-refractivity contribution in [2.75, 3.05) is 92.4 Å².